The zero-order valence-corrected chi connectivity index (χ0v) is 10.8. The molecule has 1 fully saturated rings. The number of hydrogen-bond acceptors (Lipinski definition) is 3. The smallest absolute Gasteiger partial charge is 0.257 e. The number of rotatable bonds is 3. The maximum absolute atomic E-state index is 12.4. The molecule has 0 radical (unpaired) electrons. The van der Waals surface area contributed by atoms with E-state index in [1.54, 1.807) is 18.2 Å². The summed E-state index contributed by atoms with van der Waals surface area (Å²) in [6.45, 7) is 4.06. The van der Waals surface area contributed by atoms with Crippen LogP contribution in [-0.2, 0) is 0 Å². The first-order valence-electron chi connectivity index (χ1n) is 6.54. The molecule has 1 aromatic rings. The molecule has 0 saturated carbocycles. The summed E-state index contributed by atoms with van der Waals surface area (Å²) in [5.41, 5.74) is 6.99. The summed E-state index contributed by atoms with van der Waals surface area (Å²) >= 11 is 0. The van der Waals surface area contributed by atoms with Crippen LogP contribution in [0.25, 0.3) is 0 Å². The lowest BCUT2D eigenvalue weighted by molar-refractivity contribution is 0.0720. The van der Waals surface area contributed by atoms with Crippen LogP contribution in [0, 0.1) is 0 Å². The van der Waals surface area contributed by atoms with Gasteiger partial charge in [-0.2, -0.15) is 0 Å². The molecule has 1 saturated heterocycles. The van der Waals surface area contributed by atoms with Crippen molar-refractivity contribution in [3.8, 4) is 5.75 Å². The Hall–Kier alpha value is -1.71. The van der Waals surface area contributed by atoms with E-state index in [-0.39, 0.29) is 5.91 Å². The van der Waals surface area contributed by atoms with Crippen molar-refractivity contribution in [2.45, 2.75) is 26.2 Å². The van der Waals surface area contributed by atoms with Gasteiger partial charge in [-0.3, -0.25) is 4.79 Å². The monoisotopic (exact) mass is 248 g/mol. The average molecular weight is 248 g/mol. The minimum Gasteiger partial charge on any atom is -0.491 e. The van der Waals surface area contributed by atoms with Gasteiger partial charge in [0.05, 0.1) is 17.9 Å². The fraction of sp³-hybridized carbons (Fsp3) is 0.500. The minimum absolute atomic E-state index is 0.0328. The number of amides is 1. The second-order valence-electron chi connectivity index (χ2n) is 4.51. The number of hydrogen-bond donors (Lipinski definition) is 1. The lowest BCUT2D eigenvalue weighted by Gasteiger charge is -2.27. The highest BCUT2D eigenvalue weighted by molar-refractivity contribution is 5.98. The zero-order valence-electron chi connectivity index (χ0n) is 10.8. The average Bonchev–Trinajstić information content (AvgIpc) is 2.41. The number of benzene rings is 1. The predicted octanol–water partition coefficient (Wildman–Crippen LogP) is 2.29. The minimum atomic E-state index is 0.0328. The highest BCUT2D eigenvalue weighted by atomic mass is 16.5. The molecule has 0 spiro atoms. The second kappa shape index (κ2) is 5.76. The van der Waals surface area contributed by atoms with Crippen molar-refractivity contribution in [3.05, 3.63) is 23.8 Å². The van der Waals surface area contributed by atoms with Crippen LogP contribution in [-0.4, -0.2) is 30.5 Å². The second-order valence-corrected chi connectivity index (χ2v) is 4.51. The van der Waals surface area contributed by atoms with Gasteiger partial charge in [0.2, 0.25) is 0 Å². The van der Waals surface area contributed by atoms with E-state index in [1.165, 1.54) is 6.42 Å². The van der Waals surface area contributed by atoms with Crippen LogP contribution in [0.4, 0.5) is 5.69 Å². The number of piperidine rings is 1. The van der Waals surface area contributed by atoms with Crippen molar-refractivity contribution in [3.63, 3.8) is 0 Å². The summed E-state index contributed by atoms with van der Waals surface area (Å²) in [5.74, 6) is 0.557. The Morgan fingerprint density at radius 1 is 1.33 bits per heavy atom. The molecule has 2 N–H and O–H groups in total. The largest absolute Gasteiger partial charge is 0.491 e. The van der Waals surface area contributed by atoms with E-state index in [4.69, 9.17) is 10.5 Å². The molecule has 0 atom stereocenters. The molecule has 2 rings (SSSR count). The van der Waals surface area contributed by atoms with Gasteiger partial charge in [0, 0.05) is 13.1 Å². The molecular weight excluding hydrogens is 228 g/mol. The van der Waals surface area contributed by atoms with Gasteiger partial charge in [0.1, 0.15) is 0 Å². The Morgan fingerprint density at radius 2 is 2.06 bits per heavy atom. The molecule has 18 heavy (non-hydrogen) atoms. The number of nitrogens with zero attached hydrogens (tertiary/aromatic N) is 1. The van der Waals surface area contributed by atoms with E-state index < -0.39 is 0 Å². The molecule has 0 bridgehead atoms. The standard InChI is InChI=1S/C14H20N2O2/c1-2-18-13-11(7-6-8-12(13)15)14(17)16-9-4-3-5-10-16/h6-8H,2-5,9-10,15H2,1H3. The number of anilines is 1. The van der Waals surface area contributed by atoms with Gasteiger partial charge in [-0.25, -0.2) is 0 Å². The third-order valence-corrected chi connectivity index (χ3v) is 3.21. The Labute approximate surface area is 108 Å². The van der Waals surface area contributed by atoms with E-state index in [1.807, 2.05) is 11.8 Å². The maximum Gasteiger partial charge on any atom is 0.257 e. The van der Waals surface area contributed by atoms with Gasteiger partial charge >= 0.3 is 0 Å². The van der Waals surface area contributed by atoms with Crippen molar-refractivity contribution in [1.29, 1.82) is 0 Å². The summed E-state index contributed by atoms with van der Waals surface area (Å²) in [7, 11) is 0. The molecule has 98 valence electrons. The molecule has 4 nitrogen and oxygen atoms in total. The molecule has 1 aromatic carbocycles. The molecule has 1 aliphatic heterocycles. The number of ether oxygens (including phenoxy) is 1. The van der Waals surface area contributed by atoms with E-state index >= 15 is 0 Å². The number of carbonyl (C=O) groups excluding carboxylic acids is 1. The molecule has 0 aliphatic carbocycles. The summed E-state index contributed by atoms with van der Waals surface area (Å²) in [6.07, 6.45) is 3.37. The van der Waals surface area contributed by atoms with Gasteiger partial charge in [0.15, 0.2) is 5.75 Å². The van der Waals surface area contributed by atoms with Crippen LogP contribution in [0.15, 0.2) is 18.2 Å². The van der Waals surface area contributed by atoms with Crippen LogP contribution in [0.1, 0.15) is 36.5 Å². The van der Waals surface area contributed by atoms with E-state index in [0.717, 1.165) is 25.9 Å². The van der Waals surface area contributed by atoms with Crippen LogP contribution in [0.3, 0.4) is 0 Å². The number of carbonyl (C=O) groups is 1. The van der Waals surface area contributed by atoms with Crippen LogP contribution in [0.2, 0.25) is 0 Å². The van der Waals surface area contributed by atoms with Gasteiger partial charge in [-0.05, 0) is 38.3 Å². The quantitative estimate of drug-likeness (QED) is 0.835. The molecule has 4 heteroatoms. The third-order valence-electron chi connectivity index (χ3n) is 3.21. The first kappa shape index (κ1) is 12.7. The Morgan fingerprint density at radius 3 is 2.72 bits per heavy atom. The highest BCUT2D eigenvalue weighted by Gasteiger charge is 2.22. The van der Waals surface area contributed by atoms with Crippen molar-refractivity contribution in [1.82, 2.24) is 4.90 Å². The summed E-state index contributed by atoms with van der Waals surface area (Å²) < 4.78 is 5.51. The summed E-state index contributed by atoms with van der Waals surface area (Å²) in [6, 6.07) is 5.35. The normalized spacial score (nSPS) is 15.5. The van der Waals surface area contributed by atoms with Crippen LogP contribution >= 0.6 is 0 Å². The van der Waals surface area contributed by atoms with Gasteiger partial charge < -0.3 is 15.4 Å². The SMILES string of the molecule is CCOc1c(N)cccc1C(=O)N1CCCCC1. The van der Waals surface area contributed by atoms with Gasteiger partial charge in [-0.1, -0.05) is 6.07 Å². The highest BCUT2D eigenvalue weighted by Crippen LogP contribution is 2.28. The van der Waals surface area contributed by atoms with Crippen molar-refractivity contribution in [2.75, 3.05) is 25.4 Å². The number of likely N-dealkylation sites (tertiary alicyclic amines) is 1. The van der Waals surface area contributed by atoms with E-state index in [0.29, 0.717) is 23.6 Å². The fourth-order valence-electron chi connectivity index (χ4n) is 2.30. The molecular formula is C14H20N2O2. The van der Waals surface area contributed by atoms with Crippen LogP contribution < -0.4 is 10.5 Å². The number of nitrogens with two attached hydrogens (primary N) is 1. The van der Waals surface area contributed by atoms with E-state index in [9.17, 15) is 4.79 Å². The Kier molecular flexibility index (Phi) is 4.07. The molecule has 1 amide bonds. The lowest BCUT2D eigenvalue weighted by atomic mass is 10.1. The Balaban J connectivity index is 2.25. The van der Waals surface area contributed by atoms with Crippen molar-refractivity contribution < 1.29 is 9.53 Å². The third kappa shape index (κ3) is 2.58. The van der Waals surface area contributed by atoms with Crippen molar-refractivity contribution in [2.24, 2.45) is 0 Å². The first-order chi connectivity index (χ1) is 8.74. The van der Waals surface area contributed by atoms with Gasteiger partial charge in [-0.15, -0.1) is 0 Å². The molecule has 1 aliphatic rings. The predicted molar refractivity (Wildman–Crippen MR) is 71.8 cm³/mol. The topological polar surface area (TPSA) is 55.6 Å². The molecule has 1 heterocycles. The van der Waals surface area contributed by atoms with E-state index in [2.05, 4.69) is 0 Å². The number of para-hydroxylation sites is 1. The van der Waals surface area contributed by atoms with Gasteiger partial charge in [0.25, 0.3) is 5.91 Å². The maximum atomic E-state index is 12.4. The fourth-order valence-corrected chi connectivity index (χ4v) is 2.30. The number of nitrogen functional groups attached to an aromatic ring is 1. The van der Waals surface area contributed by atoms with Crippen molar-refractivity contribution >= 4 is 11.6 Å². The molecule has 0 aromatic heterocycles. The summed E-state index contributed by atoms with van der Waals surface area (Å²) in [4.78, 5) is 14.3. The Bertz CT molecular complexity index is 426. The lowest BCUT2D eigenvalue weighted by Crippen LogP contribution is -2.35. The zero-order chi connectivity index (χ0) is 13.0. The van der Waals surface area contributed by atoms with Crippen LogP contribution in [0.5, 0.6) is 5.75 Å². The molecule has 0 unspecified atom stereocenters. The first-order valence-corrected chi connectivity index (χ1v) is 6.54. The summed E-state index contributed by atoms with van der Waals surface area (Å²) in [5, 5.41) is 0.